The van der Waals surface area contributed by atoms with Crippen molar-refractivity contribution < 1.29 is 4.79 Å². The van der Waals surface area contributed by atoms with Crippen LogP contribution in [0.1, 0.15) is 30.3 Å². The largest absolute Gasteiger partial charge is 0.330 e. The highest BCUT2D eigenvalue weighted by atomic mass is 127. The van der Waals surface area contributed by atoms with Gasteiger partial charge in [0.05, 0.1) is 14.8 Å². The van der Waals surface area contributed by atoms with E-state index in [1.54, 1.807) is 4.52 Å². The van der Waals surface area contributed by atoms with Crippen LogP contribution >= 0.6 is 50.3 Å². The summed E-state index contributed by atoms with van der Waals surface area (Å²) in [6, 6.07) is 5.97. The van der Waals surface area contributed by atoms with Gasteiger partial charge >= 0.3 is 0 Å². The van der Waals surface area contributed by atoms with E-state index >= 15 is 0 Å². The maximum Gasteiger partial charge on any atom is 0.274 e. The van der Waals surface area contributed by atoms with Crippen molar-refractivity contribution in [3.05, 3.63) is 45.0 Å². The second-order valence-electron chi connectivity index (χ2n) is 5.85. The van der Waals surface area contributed by atoms with E-state index in [0.29, 0.717) is 8.95 Å². The fraction of sp³-hybridized carbons (Fsp3) is 0.375. The summed E-state index contributed by atoms with van der Waals surface area (Å²) in [5.41, 5.74) is 2.90. The van der Waals surface area contributed by atoms with Crippen LogP contribution in [0.15, 0.2) is 39.3 Å². The van der Waals surface area contributed by atoms with Crippen LogP contribution in [0.5, 0.6) is 0 Å². The fourth-order valence-electron chi connectivity index (χ4n) is 3.28. The first-order chi connectivity index (χ1) is 11.0. The SMILES string of the molecule is CC1C2=C(CCN1C(=O)c1cc3ccc(Br)cn3n1)SC(I)C2. The molecule has 1 amide bonds. The van der Waals surface area contributed by atoms with Gasteiger partial charge in [0.1, 0.15) is 0 Å². The molecule has 0 saturated carbocycles. The lowest BCUT2D eigenvalue weighted by molar-refractivity contribution is 0.0701. The summed E-state index contributed by atoms with van der Waals surface area (Å²) in [7, 11) is 0. The number of carbonyl (C=O) groups is 1. The standard InChI is InChI=1S/C16H15BrIN3OS/c1-9-12-7-15(18)23-14(12)4-5-20(9)16(22)13-6-11-3-2-10(17)8-21(11)19-13/h2-3,6,8-9,15H,4-5,7H2,1H3. The lowest BCUT2D eigenvalue weighted by Crippen LogP contribution is -2.43. The first kappa shape index (κ1) is 16.0. The Labute approximate surface area is 160 Å². The summed E-state index contributed by atoms with van der Waals surface area (Å²) in [4.78, 5) is 16.4. The van der Waals surface area contributed by atoms with Crippen LogP contribution in [0, 0.1) is 0 Å². The van der Waals surface area contributed by atoms with Crippen molar-refractivity contribution >= 4 is 61.7 Å². The lowest BCUT2D eigenvalue weighted by atomic mass is 9.98. The van der Waals surface area contributed by atoms with E-state index in [1.807, 2.05) is 41.1 Å². The number of fused-ring (bicyclic) bond motifs is 1. The van der Waals surface area contributed by atoms with E-state index in [0.717, 1.165) is 29.4 Å². The molecule has 0 saturated heterocycles. The zero-order valence-corrected chi connectivity index (χ0v) is 17.1. The second-order valence-corrected chi connectivity index (χ2v) is 10.4. The van der Waals surface area contributed by atoms with Gasteiger partial charge in [0.15, 0.2) is 5.69 Å². The molecule has 0 aliphatic carbocycles. The Hall–Kier alpha value is -0.540. The van der Waals surface area contributed by atoms with E-state index in [1.165, 1.54) is 10.5 Å². The molecule has 0 aromatic carbocycles. The zero-order chi connectivity index (χ0) is 16.1. The molecular weight excluding hydrogens is 489 g/mol. The molecule has 23 heavy (non-hydrogen) atoms. The Bertz CT molecular complexity index is 834. The van der Waals surface area contributed by atoms with Crippen molar-refractivity contribution in [1.82, 2.24) is 14.5 Å². The van der Waals surface area contributed by atoms with Gasteiger partial charge in [-0.25, -0.2) is 4.52 Å². The van der Waals surface area contributed by atoms with Gasteiger partial charge in [-0.05, 0) is 64.4 Å². The van der Waals surface area contributed by atoms with Gasteiger partial charge in [-0.2, -0.15) is 5.10 Å². The summed E-state index contributed by atoms with van der Waals surface area (Å²) < 4.78 is 3.31. The molecule has 0 bridgehead atoms. The number of hydrogen-bond donors (Lipinski definition) is 0. The Balaban J connectivity index is 1.63. The van der Waals surface area contributed by atoms with Crippen LogP contribution in [0.25, 0.3) is 5.52 Å². The van der Waals surface area contributed by atoms with E-state index < -0.39 is 0 Å². The van der Waals surface area contributed by atoms with Gasteiger partial charge in [-0.15, -0.1) is 11.8 Å². The highest BCUT2D eigenvalue weighted by molar-refractivity contribution is 14.1. The van der Waals surface area contributed by atoms with Crippen LogP contribution in [0.2, 0.25) is 0 Å². The predicted molar refractivity (Wildman–Crippen MR) is 105 cm³/mol. The number of thioether (sulfide) groups is 1. The minimum Gasteiger partial charge on any atom is -0.330 e. The third-order valence-electron chi connectivity index (χ3n) is 4.46. The van der Waals surface area contributed by atoms with Crippen LogP contribution < -0.4 is 0 Å². The Kier molecular flexibility index (Phi) is 4.21. The van der Waals surface area contributed by atoms with Crippen LogP contribution in [-0.4, -0.2) is 36.3 Å². The minimum atomic E-state index is 0.0331. The van der Waals surface area contributed by atoms with Crippen molar-refractivity contribution in [2.24, 2.45) is 0 Å². The van der Waals surface area contributed by atoms with Gasteiger partial charge < -0.3 is 4.90 Å². The molecule has 0 spiro atoms. The number of nitrogens with zero attached hydrogens (tertiary/aromatic N) is 3. The molecular formula is C16H15BrIN3OS. The van der Waals surface area contributed by atoms with Gasteiger partial charge in [0.25, 0.3) is 5.91 Å². The Morgan fingerprint density at radius 3 is 3.13 bits per heavy atom. The molecule has 4 rings (SSSR count). The third kappa shape index (κ3) is 2.84. The summed E-state index contributed by atoms with van der Waals surface area (Å²) in [6.07, 6.45) is 3.94. The second kappa shape index (κ2) is 6.07. The molecule has 2 atom stereocenters. The highest BCUT2D eigenvalue weighted by Crippen LogP contribution is 2.47. The molecule has 0 radical (unpaired) electrons. The van der Waals surface area contributed by atoms with Crippen molar-refractivity contribution in [3.63, 3.8) is 0 Å². The zero-order valence-electron chi connectivity index (χ0n) is 12.5. The Morgan fingerprint density at radius 1 is 1.48 bits per heavy atom. The topological polar surface area (TPSA) is 37.6 Å². The van der Waals surface area contributed by atoms with Crippen LogP contribution in [-0.2, 0) is 0 Å². The molecule has 2 aromatic rings. The number of halogens is 2. The van der Waals surface area contributed by atoms with Crippen LogP contribution in [0.4, 0.5) is 0 Å². The van der Waals surface area contributed by atoms with E-state index in [2.05, 4.69) is 50.5 Å². The number of alkyl halides is 1. The van der Waals surface area contributed by atoms with Gasteiger partial charge in [0.2, 0.25) is 0 Å². The summed E-state index contributed by atoms with van der Waals surface area (Å²) >= 11 is 7.90. The molecule has 2 aliphatic heterocycles. The maximum atomic E-state index is 12.9. The van der Waals surface area contributed by atoms with Crippen LogP contribution in [0.3, 0.4) is 0 Å². The van der Waals surface area contributed by atoms with E-state index in [9.17, 15) is 4.79 Å². The van der Waals surface area contributed by atoms with Crippen molar-refractivity contribution in [1.29, 1.82) is 0 Å². The number of pyridine rings is 1. The summed E-state index contributed by atoms with van der Waals surface area (Å²) in [6.45, 7) is 2.93. The molecule has 0 N–H and O–H groups in total. The van der Waals surface area contributed by atoms with Gasteiger partial charge in [-0.1, -0.05) is 22.6 Å². The lowest BCUT2D eigenvalue weighted by Gasteiger charge is -2.34. The number of aromatic nitrogens is 2. The van der Waals surface area contributed by atoms with Crippen molar-refractivity contribution in [2.75, 3.05) is 6.54 Å². The molecule has 2 aliphatic rings. The van der Waals surface area contributed by atoms with Crippen molar-refractivity contribution in [3.8, 4) is 0 Å². The number of rotatable bonds is 1. The molecule has 0 fully saturated rings. The molecule has 4 nitrogen and oxygen atoms in total. The quantitative estimate of drug-likeness (QED) is 0.425. The first-order valence-electron chi connectivity index (χ1n) is 7.51. The van der Waals surface area contributed by atoms with Gasteiger partial charge in [-0.3, -0.25) is 4.79 Å². The first-order valence-corrected chi connectivity index (χ1v) is 10.4. The minimum absolute atomic E-state index is 0.0331. The molecule has 2 aromatic heterocycles. The Morgan fingerprint density at radius 2 is 2.30 bits per heavy atom. The number of hydrogen-bond acceptors (Lipinski definition) is 3. The average molecular weight is 504 g/mol. The molecule has 7 heteroatoms. The van der Waals surface area contributed by atoms with E-state index in [4.69, 9.17) is 0 Å². The number of carbonyl (C=O) groups excluding carboxylic acids is 1. The monoisotopic (exact) mass is 503 g/mol. The highest BCUT2D eigenvalue weighted by Gasteiger charge is 2.36. The summed E-state index contributed by atoms with van der Waals surface area (Å²) in [5, 5.41) is 4.46. The normalized spacial score (nSPS) is 24.4. The van der Waals surface area contributed by atoms with E-state index in [-0.39, 0.29) is 11.9 Å². The predicted octanol–water partition coefficient (Wildman–Crippen LogP) is 4.48. The fourth-order valence-corrected chi connectivity index (χ4v) is 6.18. The molecule has 4 heterocycles. The van der Waals surface area contributed by atoms with Gasteiger partial charge in [0, 0.05) is 17.2 Å². The van der Waals surface area contributed by atoms with Crippen molar-refractivity contribution in [2.45, 2.75) is 29.1 Å². The molecule has 120 valence electrons. The third-order valence-corrected chi connectivity index (χ3v) is 7.31. The number of amides is 1. The smallest absolute Gasteiger partial charge is 0.274 e. The average Bonchev–Trinajstić information content (AvgIpc) is 3.09. The summed E-state index contributed by atoms with van der Waals surface area (Å²) in [5.74, 6) is 0.0331. The maximum absolute atomic E-state index is 12.9. The molecule has 2 unspecified atom stereocenters.